The Balaban J connectivity index is 0.00000312. The van der Waals surface area contributed by atoms with Gasteiger partial charge in [0, 0.05) is 31.4 Å². The molecule has 2 amide bonds. The first kappa shape index (κ1) is 21.8. The molecule has 0 saturated carbocycles. The van der Waals surface area contributed by atoms with Crippen molar-refractivity contribution in [2.45, 2.75) is 39.3 Å². The van der Waals surface area contributed by atoms with Crippen molar-refractivity contribution in [3.63, 3.8) is 0 Å². The van der Waals surface area contributed by atoms with Crippen LogP contribution in [-0.2, 0) is 23.9 Å². The van der Waals surface area contributed by atoms with Crippen LogP contribution in [-0.4, -0.2) is 40.8 Å². The van der Waals surface area contributed by atoms with E-state index in [9.17, 15) is 24.3 Å². The number of thioether (sulfide) groups is 1. The number of aliphatic carboxylic acids is 1. The van der Waals surface area contributed by atoms with E-state index in [1.165, 1.54) is 30.4 Å². The Hall–Kier alpha value is -1.29. The number of fused-ring (bicyclic) bond motifs is 1. The molecule has 25 heavy (non-hydrogen) atoms. The van der Waals surface area contributed by atoms with Crippen molar-refractivity contribution >= 4 is 35.5 Å². The third-order valence-electron chi connectivity index (χ3n) is 3.78. The number of amides is 2. The third kappa shape index (κ3) is 4.66. The van der Waals surface area contributed by atoms with Gasteiger partial charge in [-0.1, -0.05) is 11.8 Å². The molecule has 2 heterocycles. The van der Waals surface area contributed by atoms with Gasteiger partial charge < -0.3 is 24.9 Å². The summed E-state index contributed by atoms with van der Waals surface area (Å²) in [5, 5.41) is 15.4. The number of carboxylic acids is 1. The summed E-state index contributed by atoms with van der Waals surface area (Å²) in [7, 11) is 0. The molecule has 10 heteroatoms. The summed E-state index contributed by atoms with van der Waals surface area (Å²) < 4.78 is 5.05. The summed E-state index contributed by atoms with van der Waals surface area (Å²) in [6, 6.07) is -0.364. The molecule has 1 saturated heterocycles. The number of nitrogens with zero attached hydrogens (tertiary/aromatic N) is 1. The molecule has 0 aromatic rings. The van der Waals surface area contributed by atoms with E-state index in [0.717, 1.165) is 11.8 Å². The molecule has 0 aromatic carbocycles. The summed E-state index contributed by atoms with van der Waals surface area (Å²) in [6.07, 6.45) is 1.10. The van der Waals surface area contributed by atoms with E-state index in [-0.39, 0.29) is 47.2 Å². The molecule has 130 valence electrons. The number of carbonyl (C=O) groups excluding carboxylic acids is 4. The molecule has 0 unspecified atom stereocenters. The molecule has 2 aliphatic rings. The summed E-state index contributed by atoms with van der Waals surface area (Å²) in [5.74, 6) is -3.13. The largest absolute Gasteiger partial charge is 1.00 e. The number of ether oxygens (including phenoxy) is 1. The molecule has 3 atom stereocenters. The summed E-state index contributed by atoms with van der Waals surface area (Å²) in [5.41, 5.74) is -0.159. The molecular weight excluding hydrogens is 359 g/mol. The minimum absolute atomic E-state index is 0. The van der Waals surface area contributed by atoms with E-state index in [1.54, 1.807) is 6.92 Å². The number of β-lactam (4-membered cyclic amide) rings is 1. The predicted octanol–water partition coefficient (Wildman–Crippen LogP) is -3.53. The molecule has 0 aliphatic carbocycles. The Morgan fingerprint density at radius 2 is 2.04 bits per heavy atom. The zero-order chi connectivity index (χ0) is 18.0. The van der Waals surface area contributed by atoms with Crippen LogP contribution in [0, 0.1) is 5.92 Å². The fourth-order valence-electron chi connectivity index (χ4n) is 2.91. The van der Waals surface area contributed by atoms with E-state index in [4.69, 9.17) is 4.74 Å². The number of carboxylic acid groups (broad SMARTS) is 1. The van der Waals surface area contributed by atoms with Gasteiger partial charge in [-0.05, 0) is 12.3 Å². The van der Waals surface area contributed by atoms with Crippen LogP contribution in [0.4, 0.5) is 0 Å². The average molecular weight is 376 g/mol. The fraction of sp³-hybridized carbons (Fsp3) is 0.467. The van der Waals surface area contributed by atoms with Crippen LogP contribution in [0.2, 0.25) is 0 Å². The molecule has 0 bridgehead atoms. The van der Waals surface area contributed by atoms with Gasteiger partial charge in [-0.2, -0.15) is 0 Å². The van der Waals surface area contributed by atoms with E-state index < -0.39 is 29.9 Å². The number of carbonyl (C=O) groups is 4. The van der Waals surface area contributed by atoms with Crippen molar-refractivity contribution in [2.75, 3.05) is 0 Å². The average Bonchev–Trinajstić information content (AvgIpc) is 2.77. The van der Waals surface area contributed by atoms with Crippen LogP contribution in [0.5, 0.6) is 0 Å². The quantitative estimate of drug-likeness (QED) is 0.290. The zero-order valence-corrected chi connectivity index (χ0v) is 17.2. The molecule has 0 spiro atoms. The van der Waals surface area contributed by atoms with Gasteiger partial charge in [0.25, 0.3) is 0 Å². The zero-order valence-electron chi connectivity index (χ0n) is 14.4. The molecule has 0 radical (unpaired) electrons. The van der Waals surface area contributed by atoms with Gasteiger partial charge in [0.2, 0.25) is 11.8 Å². The molecule has 2 aliphatic heterocycles. The van der Waals surface area contributed by atoms with Crippen LogP contribution in [0.3, 0.4) is 0 Å². The first-order chi connectivity index (χ1) is 11.2. The van der Waals surface area contributed by atoms with Gasteiger partial charge in [0.1, 0.15) is 6.10 Å². The van der Waals surface area contributed by atoms with E-state index >= 15 is 0 Å². The summed E-state index contributed by atoms with van der Waals surface area (Å²) in [6.45, 7) is 4.22. The molecule has 2 rings (SSSR count). The van der Waals surface area contributed by atoms with Crippen molar-refractivity contribution in [1.29, 1.82) is 0 Å². The predicted molar refractivity (Wildman–Crippen MR) is 82.5 cm³/mol. The van der Waals surface area contributed by atoms with Crippen LogP contribution >= 0.6 is 11.8 Å². The number of hydrogen-bond donors (Lipinski definition) is 1. The van der Waals surface area contributed by atoms with Crippen LogP contribution < -0.4 is 40.0 Å². The molecule has 0 aromatic heterocycles. The van der Waals surface area contributed by atoms with E-state index in [0.29, 0.717) is 11.3 Å². The van der Waals surface area contributed by atoms with Gasteiger partial charge in [0.05, 0.1) is 23.6 Å². The second kappa shape index (κ2) is 8.88. The minimum Gasteiger partial charge on any atom is -0.543 e. The number of hydrogen-bond acceptors (Lipinski definition) is 7. The number of esters is 1. The van der Waals surface area contributed by atoms with Crippen molar-refractivity contribution in [3.05, 3.63) is 22.2 Å². The Kier molecular flexibility index (Phi) is 7.73. The van der Waals surface area contributed by atoms with Gasteiger partial charge in [-0.25, -0.2) is 0 Å². The van der Waals surface area contributed by atoms with Crippen LogP contribution in [0.1, 0.15) is 27.2 Å². The fourth-order valence-corrected chi connectivity index (χ4v) is 3.78. The SMILES string of the molecule is CC(=O)N/C=C/SC1=C(C(=O)[O-])N2C(=O)[C@H]([C@H](C)OC(C)=O)[C@H]2C1.[Na+]. The Morgan fingerprint density at radius 3 is 2.56 bits per heavy atom. The normalized spacial score (nSPS) is 22.8. The molecule has 8 nitrogen and oxygen atoms in total. The van der Waals surface area contributed by atoms with Crippen molar-refractivity contribution in [2.24, 2.45) is 5.92 Å². The Bertz CT molecular complexity index is 662. The van der Waals surface area contributed by atoms with Crippen molar-refractivity contribution < 1.29 is 58.6 Å². The standard InChI is InChI=1S/C15H18N2O6S.Na/c1-7(23-9(3)19)12-10-6-11(24-5-4-16-8(2)18)13(15(21)22)17(10)14(12)20;/h4-5,7,10,12H,6H2,1-3H3,(H,16,18)(H,21,22);/q;+1/p-1/b5-4+;/t7-,10+,12+;/m0./s1. The maximum atomic E-state index is 12.3. The second-order valence-electron chi connectivity index (χ2n) is 5.50. The minimum atomic E-state index is -1.43. The number of nitrogens with one attached hydrogen (secondary N) is 1. The smallest absolute Gasteiger partial charge is 0.543 e. The van der Waals surface area contributed by atoms with Crippen LogP contribution in [0.15, 0.2) is 22.2 Å². The van der Waals surface area contributed by atoms with Crippen LogP contribution in [0.25, 0.3) is 0 Å². The summed E-state index contributed by atoms with van der Waals surface area (Å²) in [4.78, 5) is 47.2. The first-order valence-corrected chi connectivity index (χ1v) is 8.15. The first-order valence-electron chi connectivity index (χ1n) is 7.27. The second-order valence-corrected chi connectivity index (χ2v) is 6.50. The van der Waals surface area contributed by atoms with Crippen molar-refractivity contribution in [1.82, 2.24) is 10.2 Å². The maximum absolute atomic E-state index is 12.3. The van der Waals surface area contributed by atoms with E-state index in [2.05, 4.69) is 5.32 Å². The maximum Gasteiger partial charge on any atom is 1.00 e. The van der Waals surface area contributed by atoms with Gasteiger partial charge >= 0.3 is 35.5 Å². The van der Waals surface area contributed by atoms with Gasteiger partial charge in [0.15, 0.2) is 0 Å². The topological polar surface area (TPSA) is 116 Å². The molecule has 1 N–H and O–H groups in total. The van der Waals surface area contributed by atoms with E-state index in [1.807, 2.05) is 0 Å². The van der Waals surface area contributed by atoms with Gasteiger partial charge in [-0.15, -0.1) is 0 Å². The Morgan fingerprint density at radius 1 is 1.40 bits per heavy atom. The van der Waals surface area contributed by atoms with Gasteiger partial charge in [-0.3, -0.25) is 14.4 Å². The Labute approximate surface area is 171 Å². The third-order valence-corrected chi connectivity index (χ3v) is 4.70. The molecular formula is C15H17N2NaO6S. The number of rotatable bonds is 6. The monoisotopic (exact) mass is 376 g/mol. The molecule has 1 fully saturated rings. The summed E-state index contributed by atoms with van der Waals surface area (Å²) >= 11 is 1.10. The van der Waals surface area contributed by atoms with Crippen molar-refractivity contribution in [3.8, 4) is 0 Å².